The standard InChI is InChI=1S/C24H38O3/c1-4-5-6-7-8-9-10-11-12-13-14-15-16-17-18-19-20-21-22-27-24(2,3)23(25)26/h5-6,8-9,11-12,14-15,17-18H,4,7,10,13,16,19-22H2,1-3H3,(H,25,26). The van der Waals surface area contributed by atoms with Crippen LogP contribution in [0.4, 0.5) is 0 Å². The van der Waals surface area contributed by atoms with E-state index in [-0.39, 0.29) is 0 Å². The van der Waals surface area contributed by atoms with Gasteiger partial charge in [0.2, 0.25) is 0 Å². The summed E-state index contributed by atoms with van der Waals surface area (Å²) >= 11 is 0. The van der Waals surface area contributed by atoms with Gasteiger partial charge < -0.3 is 9.84 Å². The van der Waals surface area contributed by atoms with Crippen molar-refractivity contribution in [1.29, 1.82) is 0 Å². The first-order valence-electron chi connectivity index (χ1n) is 10.1. The van der Waals surface area contributed by atoms with Gasteiger partial charge in [-0.15, -0.1) is 0 Å². The highest BCUT2D eigenvalue weighted by atomic mass is 16.5. The zero-order chi connectivity index (χ0) is 20.2. The number of hydrogen-bond acceptors (Lipinski definition) is 2. The smallest absolute Gasteiger partial charge is 0.335 e. The van der Waals surface area contributed by atoms with Gasteiger partial charge in [-0.2, -0.15) is 0 Å². The number of rotatable bonds is 16. The van der Waals surface area contributed by atoms with Crippen molar-refractivity contribution in [3.05, 3.63) is 60.8 Å². The fourth-order valence-corrected chi connectivity index (χ4v) is 2.12. The van der Waals surface area contributed by atoms with Crippen molar-refractivity contribution in [3.8, 4) is 0 Å². The molecule has 0 aromatic heterocycles. The Hall–Kier alpha value is -1.87. The van der Waals surface area contributed by atoms with E-state index in [1.54, 1.807) is 13.8 Å². The maximum atomic E-state index is 10.9. The monoisotopic (exact) mass is 374 g/mol. The number of unbranched alkanes of at least 4 members (excludes halogenated alkanes) is 2. The van der Waals surface area contributed by atoms with Crippen molar-refractivity contribution in [2.45, 2.75) is 77.7 Å². The molecular weight excluding hydrogens is 336 g/mol. The van der Waals surface area contributed by atoms with Crippen molar-refractivity contribution < 1.29 is 14.6 Å². The van der Waals surface area contributed by atoms with Crippen LogP contribution in [0.25, 0.3) is 0 Å². The number of hydrogen-bond donors (Lipinski definition) is 1. The lowest BCUT2D eigenvalue weighted by Gasteiger charge is -2.19. The van der Waals surface area contributed by atoms with E-state index in [0.29, 0.717) is 6.61 Å². The van der Waals surface area contributed by atoms with Crippen LogP contribution in [0.1, 0.15) is 72.1 Å². The van der Waals surface area contributed by atoms with E-state index in [4.69, 9.17) is 9.84 Å². The zero-order valence-corrected chi connectivity index (χ0v) is 17.4. The van der Waals surface area contributed by atoms with Crippen LogP contribution in [0, 0.1) is 0 Å². The summed E-state index contributed by atoms with van der Waals surface area (Å²) in [4.78, 5) is 10.9. The molecule has 0 atom stereocenters. The van der Waals surface area contributed by atoms with Gasteiger partial charge in [0.15, 0.2) is 5.60 Å². The topological polar surface area (TPSA) is 46.5 Å². The van der Waals surface area contributed by atoms with Gasteiger partial charge in [-0.05, 0) is 65.2 Å². The van der Waals surface area contributed by atoms with E-state index >= 15 is 0 Å². The predicted octanol–water partition coefficient (Wildman–Crippen LogP) is 6.79. The van der Waals surface area contributed by atoms with Gasteiger partial charge >= 0.3 is 5.97 Å². The molecule has 1 N–H and O–H groups in total. The minimum atomic E-state index is -1.09. The molecule has 0 amide bonds. The summed E-state index contributed by atoms with van der Waals surface area (Å²) < 4.78 is 5.37. The number of aliphatic carboxylic acids is 1. The fraction of sp³-hybridized carbons (Fsp3) is 0.542. The van der Waals surface area contributed by atoms with Crippen LogP contribution in [0.15, 0.2) is 60.8 Å². The summed E-state index contributed by atoms with van der Waals surface area (Å²) in [6.45, 7) is 5.80. The van der Waals surface area contributed by atoms with E-state index in [9.17, 15) is 4.79 Å². The lowest BCUT2D eigenvalue weighted by atomic mass is 10.1. The molecule has 0 saturated heterocycles. The first-order valence-corrected chi connectivity index (χ1v) is 10.1. The van der Waals surface area contributed by atoms with Crippen LogP contribution in [0.3, 0.4) is 0 Å². The fourth-order valence-electron chi connectivity index (χ4n) is 2.12. The Balaban J connectivity index is 3.54. The molecule has 0 rings (SSSR count). The summed E-state index contributed by atoms with van der Waals surface area (Å²) in [5.41, 5.74) is -1.09. The third-order valence-corrected chi connectivity index (χ3v) is 3.90. The Morgan fingerprint density at radius 2 is 1.22 bits per heavy atom. The molecule has 0 bridgehead atoms. The van der Waals surface area contributed by atoms with Crippen LogP contribution in [0.5, 0.6) is 0 Å². The third kappa shape index (κ3) is 17.3. The Labute approximate surface area is 166 Å². The highest BCUT2D eigenvalue weighted by Crippen LogP contribution is 2.10. The molecule has 0 aliphatic carbocycles. The minimum Gasteiger partial charge on any atom is -0.479 e. The molecule has 0 heterocycles. The molecule has 0 spiro atoms. The molecular formula is C24H38O3. The van der Waals surface area contributed by atoms with E-state index in [1.807, 2.05) is 0 Å². The largest absolute Gasteiger partial charge is 0.479 e. The summed E-state index contributed by atoms with van der Waals surface area (Å²) in [5, 5.41) is 8.94. The van der Waals surface area contributed by atoms with E-state index < -0.39 is 11.6 Å². The number of carboxylic acids is 1. The summed E-state index contributed by atoms with van der Waals surface area (Å²) in [6, 6.07) is 0. The quantitative estimate of drug-likeness (QED) is 0.239. The normalized spacial score (nSPS) is 13.3. The van der Waals surface area contributed by atoms with Gasteiger partial charge in [0.05, 0.1) is 0 Å². The number of allylic oxidation sites excluding steroid dienone is 10. The van der Waals surface area contributed by atoms with Crippen molar-refractivity contribution in [2.24, 2.45) is 0 Å². The molecule has 0 aromatic rings. The Bertz CT molecular complexity index is 508. The lowest BCUT2D eigenvalue weighted by molar-refractivity contribution is -0.161. The summed E-state index contributed by atoms with van der Waals surface area (Å²) in [5.74, 6) is -0.916. The van der Waals surface area contributed by atoms with Crippen molar-refractivity contribution >= 4 is 5.97 Å². The SMILES string of the molecule is CCC=CCC=CCC=CCC=CCC=CCCCCOC(C)(C)C(=O)O. The van der Waals surface area contributed by atoms with Gasteiger partial charge in [0.1, 0.15) is 0 Å². The highest BCUT2D eigenvalue weighted by Gasteiger charge is 2.27. The Kier molecular flexibility index (Phi) is 16.3. The van der Waals surface area contributed by atoms with Gasteiger partial charge in [-0.3, -0.25) is 0 Å². The van der Waals surface area contributed by atoms with Crippen molar-refractivity contribution in [1.82, 2.24) is 0 Å². The van der Waals surface area contributed by atoms with Crippen molar-refractivity contribution in [3.63, 3.8) is 0 Å². The van der Waals surface area contributed by atoms with Gasteiger partial charge in [0, 0.05) is 6.61 Å². The van der Waals surface area contributed by atoms with Crippen LogP contribution in [0.2, 0.25) is 0 Å². The molecule has 0 radical (unpaired) electrons. The summed E-state index contributed by atoms with van der Waals surface area (Å²) in [7, 11) is 0. The number of ether oxygens (including phenoxy) is 1. The zero-order valence-electron chi connectivity index (χ0n) is 17.4. The van der Waals surface area contributed by atoms with Crippen LogP contribution < -0.4 is 0 Å². The van der Waals surface area contributed by atoms with Crippen LogP contribution in [-0.2, 0) is 9.53 Å². The molecule has 3 heteroatoms. The van der Waals surface area contributed by atoms with E-state index in [0.717, 1.165) is 51.4 Å². The second-order valence-electron chi connectivity index (χ2n) is 6.87. The minimum absolute atomic E-state index is 0.490. The molecule has 27 heavy (non-hydrogen) atoms. The first kappa shape index (κ1) is 25.1. The van der Waals surface area contributed by atoms with E-state index in [2.05, 4.69) is 67.7 Å². The third-order valence-electron chi connectivity index (χ3n) is 3.90. The van der Waals surface area contributed by atoms with Gasteiger partial charge in [-0.25, -0.2) is 4.79 Å². The highest BCUT2D eigenvalue weighted by molar-refractivity contribution is 5.76. The Morgan fingerprint density at radius 1 is 0.778 bits per heavy atom. The molecule has 0 aliphatic heterocycles. The van der Waals surface area contributed by atoms with Crippen LogP contribution >= 0.6 is 0 Å². The molecule has 0 aliphatic rings. The maximum Gasteiger partial charge on any atom is 0.335 e. The Morgan fingerprint density at radius 3 is 1.67 bits per heavy atom. The van der Waals surface area contributed by atoms with Gasteiger partial charge in [0.25, 0.3) is 0 Å². The second kappa shape index (κ2) is 17.5. The van der Waals surface area contributed by atoms with Crippen LogP contribution in [-0.4, -0.2) is 23.3 Å². The van der Waals surface area contributed by atoms with E-state index in [1.165, 1.54) is 0 Å². The molecule has 0 fully saturated rings. The maximum absolute atomic E-state index is 10.9. The second-order valence-corrected chi connectivity index (χ2v) is 6.87. The molecule has 152 valence electrons. The molecule has 0 saturated carbocycles. The lowest BCUT2D eigenvalue weighted by Crippen LogP contribution is -2.34. The predicted molar refractivity (Wildman–Crippen MR) is 116 cm³/mol. The summed E-state index contributed by atoms with van der Waals surface area (Å²) in [6.07, 6.45) is 29.9. The average molecular weight is 375 g/mol. The molecule has 0 aromatic carbocycles. The number of carboxylic acid groups (broad SMARTS) is 1. The van der Waals surface area contributed by atoms with Crippen molar-refractivity contribution in [2.75, 3.05) is 6.61 Å². The number of carbonyl (C=O) groups is 1. The van der Waals surface area contributed by atoms with Gasteiger partial charge in [-0.1, -0.05) is 67.7 Å². The first-order chi connectivity index (χ1) is 13.0. The average Bonchev–Trinajstić information content (AvgIpc) is 2.63. The molecule has 0 unspecified atom stereocenters. The molecule has 3 nitrogen and oxygen atoms in total.